The lowest BCUT2D eigenvalue weighted by Gasteiger charge is -2.36. The van der Waals surface area contributed by atoms with E-state index in [1.165, 1.54) is 12.8 Å². The Morgan fingerprint density at radius 2 is 2.00 bits per heavy atom. The van der Waals surface area contributed by atoms with Crippen molar-refractivity contribution in [3.05, 3.63) is 0 Å². The smallest absolute Gasteiger partial charge is 0.317 e. The molecule has 15 heavy (non-hydrogen) atoms. The van der Waals surface area contributed by atoms with Crippen molar-refractivity contribution in [2.75, 3.05) is 34.2 Å². The van der Waals surface area contributed by atoms with E-state index in [0.29, 0.717) is 12.0 Å². The van der Waals surface area contributed by atoms with Gasteiger partial charge in [0.2, 0.25) is 0 Å². The highest BCUT2D eigenvalue weighted by Crippen LogP contribution is 2.22. The lowest BCUT2D eigenvalue weighted by atomic mass is 9.90. The first-order valence-corrected chi connectivity index (χ1v) is 5.69. The molecule has 1 unspecified atom stereocenters. The summed E-state index contributed by atoms with van der Waals surface area (Å²) in [7, 11) is 5.71. The number of hydrogen-bond donors (Lipinski definition) is 1. The molecule has 0 aromatic rings. The van der Waals surface area contributed by atoms with Crippen molar-refractivity contribution in [3.8, 4) is 0 Å². The molecule has 1 aliphatic heterocycles. The maximum Gasteiger partial charge on any atom is 0.317 e. The molecule has 0 saturated carbocycles. The quantitative estimate of drug-likeness (QED) is 0.742. The van der Waals surface area contributed by atoms with Crippen LogP contribution in [-0.4, -0.2) is 56.1 Å². The molecule has 1 rings (SSSR count). The number of carbonyl (C=O) groups excluding carboxylic acids is 1. The molecule has 1 atom stereocenters. The molecule has 4 nitrogen and oxygen atoms in total. The molecule has 88 valence electrons. The maximum absolute atomic E-state index is 11.5. The van der Waals surface area contributed by atoms with E-state index in [-0.39, 0.29) is 6.03 Å². The number of hydrogen-bond acceptors (Lipinski definition) is 2. The zero-order valence-corrected chi connectivity index (χ0v) is 10.3. The Morgan fingerprint density at radius 3 is 2.47 bits per heavy atom. The van der Waals surface area contributed by atoms with Crippen LogP contribution < -0.4 is 5.32 Å². The lowest BCUT2D eigenvalue weighted by molar-refractivity contribution is 0.133. The van der Waals surface area contributed by atoms with Crippen molar-refractivity contribution in [3.63, 3.8) is 0 Å². The van der Waals surface area contributed by atoms with E-state index in [2.05, 4.69) is 24.2 Å². The van der Waals surface area contributed by atoms with Crippen LogP contribution in [0.2, 0.25) is 0 Å². The largest absolute Gasteiger partial charge is 0.341 e. The summed E-state index contributed by atoms with van der Waals surface area (Å²) in [6.45, 7) is 4.44. The van der Waals surface area contributed by atoms with E-state index in [4.69, 9.17) is 0 Å². The second-order valence-corrected chi connectivity index (χ2v) is 4.55. The molecule has 1 N–H and O–H groups in total. The highest BCUT2D eigenvalue weighted by Gasteiger charge is 2.26. The summed E-state index contributed by atoms with van der Waals surface area (Å²) in [5, 5.41) is 2.67. The number of carbonyl (C=O) groups is 1. The van der Waals surface area contributed by atoms with Gasteiger partial charge in [-0.2, -0.15) is 0 Å². The van der Waals surface area contributed by atoms with Crippen LogP contribution in [0.4, 0.5) is 4.79 Å². The number of piperidine rings is 1. The molecule has 4 heteroatoms. The summed E-state index contributed by atoms with van der Waals surface area (Å²) >= 11 is 0. The molecule has 0 spiro atoms. The number of nitrogens with one attached hydrogen (secondary N) is 1. The zero-order chi connectivity index (χ0) is 11.4. The number of urea groups is 1. The summed E-state index contributed by atoms with van der Waals surface area (Å²) in [4.78, 5) is 15.6. The highest BCUT2D eigenvalue weighted by molar-refractivity contribution is 5.73. The first-order valence-electron chi connectivity index (χ1n) is 5.69. The van der Waals surface area contributed by atoms with E-state index >= 15 is 0 Å². The summed E-state index contributed by atoms with van der Waals surface area (Å²) in [6.07, 6.45) is 2.39. The highest BCUT2D eigenvalue weighted by atomic mass is 16.2. The minimum Gasteiger partial charge on any atom is -0.341 e. The Bertz CT molecular complexity index is 212. The molecule has 0 bridgehead atoms. The Kier molecular flexibility index (Phi) is 4.39. The molecule has 1 heterocycles. The Hall–Kier alpha value is -0.770. The minimum absolute atomic E-state index is 0.0152. The molecule has 0 aromatic heterocycles. The second kappa shape index (κ2) is 5.35. The third kappa shape index (κ3) is 3.09. The van der Waals surface area contributed by atoms with Crippen molar-refractivity contribution in [1.29, 1.82) is 0 Å². The van der Waals surface area contributed by atoms with Crippen LogP contribution in [-0.2, 0) is 0 Å². The summed E-state index contributed by atoms with van der Waals surface area (Å²) in [5.41, 5.74) is 0. The van der Waals surface area contributed by atoms with Crippen LogP contribution in [0.25, 0.3) is 0 Å². The molecular weight excluding hydrogens is 190 g/mol. The summed E-state index contributed by atoms with van der Waals surface area (Å²) < 4.78 is 0. The fourth-order valence-electron chi connectivity index (χ4n) is 2.19. The number of rotatable bonds is 2. The van der Waals surface area contributed by atoms with Gasteiger partial charge in [-0.15, -0.1) is 0 Å². The molecule has 1 fully saturated rings. The van der Waals surface area contributed by atoms with Crippen LogP contribution >= 0.6 is 0 Å². The average Bonchev–Trinajstić information content (AvgIpc) is 2.27. The minimum atomic E-state index is 0.0152. The third-order valence-corrected chi connectivity index (χ3v) is 3.59. The van der Waals surface area contributed by atoms with Gasteiger partial charge in [-0.3, -0.25) is 0 Å². The summed E-state index contributed by atoms with van der Waals surface area (Å²) in [6, 6.07) is 0.347. The SMILES string of the molecule is CNC(=O)N(C)C(C)C1CCN(C)CC1. The van der Waals surface area contributed by atoms with E-state index in [9.17, 15) is 4.79 Å². The Labute approximate surface area is 92.6 Å². The van der Waals surface area contributed by atoms with Gasteiger partial charge in [-0.1, -0.05) is 0 Å². The molecule has 0 aromatic carbocycles. The average molecular weight is 213 g/mol. The van der Waals surface area contributed by atoms with Crippen LogP contribution in [0.3, 0.4) is 0 Å². The maximum atomic E-state index is 11.5. The normalized spacial score (nSPS) is 21.1. The van der Waals surface area contributed by atoms with Crippen LogP contribution in [0.1, 0.15) is 19.8 Å². The number of nitrogens with zero attached hydrogens (tertiary/aromatic N) is 2. The van der Waals surface area contributed by atoms with Crippen LogP contribution in [0.5, 0.6) is 0 Å². The van der Waals surface area contributed by atoms with Crippen molar-refractivity contribution < 1.29 is 4.79 Å². The van der Waals surface area contributed by atoms with E-state index in [0.717, 1.165) is 13.1 Å². The third-order valence-electron chi connectivity index (χ3n) is 3.59. The molecule has 1 aliphatic rings. The topological polar surface area (TPSA) is 35.6 Å². The van der Waals surface area contributed by atoms with Gasteiger partial charge >= 0.3 is 6.03 Å². The Morgan fingerprint density at radius 1 is 1.47 bits per heavy atom. The molecular formula is C11H23N3O. The first kappa shape index (κ1) is 12.3. The van der Waals surface area contributed by atoms with E-state index in [1.807, 2.05) is 11.9 Å². The number of likely N-dealkylation sites (tertiary alicyclic amines) is 1. The van der Waals surface area contributed by atoms with Crippen molar-refractivity contribution in [2.45, 2.75) is 25.8 Å². The fraction of sp³-hybridized carbons (Fsp3) is 0.909. The van der Waals surface area contributed by atoms with Gasteiger partial charge in [-0.25, -0.2) is 4.79 Å². The Balaban J connectivity index is 2.45. The number of amides is 2. The van der Waals surface area contributed by atoms with E-state index in [1.54, 1.807) is 7.05 Å². The van der Waals surface area contributed by atoms with Crippen molar-refractivity contribution in [2.24, 2.45) is 5.92 Å². The predicted molar refractivity (Wildman–Crippen MR) is 61.9 cm³/mol. The van der Waals surface area contributed by atoms with Crippen LogP contribution in [0, 0.1) is 5.92 Å². The first-order chi connectivity index (χ1) is 7.06. The van der Waals surface area contributed by atoms with E-state index < -0.39 is 0 Å². The monoisotopic (exact) mass is 213 g/mol. The van der Waals surface area contributed by atoms with Crippen LogP contribution in [0.15, 0.2) is 0 Å². The zero-order valence-electron chi connectivity index (χ0n) is 10.3. The fourth-order valence-corrected chi connectivity index (χ4v) is 2.19. The molecule has 2 amide bonds. The second-order valence-electron chi connectivity index (χ2n) is 4.55. The predicted octanol–water partition coefficient (Wildman–Crippen LogP) is 0.988. The molecule has 0 aliphatic carbocycles. The van der Waals surface area contributed by atoms with Gasteiger partial charge in [0.05, 0.1) is 0 Å². The van der Waals surface area contributed by atoms with Gasteiger partial charge < -0.3 is 15.1 Å². The van der Waals surface area contributed by atoms with Crippen molar-refractivity contribution >= 4 is 6.03 Å². The van der Waals surface area contributed by atoms with Gasteiger partial charge in [0.15, 0.2) is 0 Å². The van der Waals surface area contributed by atoms with Gasteiger partial charge in [0.1, 0.15) is 0 Å². The van der Waals surface area contributed by atoms with Gasteiger partial charge in [0, 0.05) is 20.1 Å². The van der Waals surface area contributed by atoms with Crippen molar-refractivity contribution in [1.82, 2.24) is 15.1 Å². The lowest BCUT2D eigenvalue weighted by Crippen LogP contribution is -2.46. The van der Waals surface area contributed by atoms with Gasteiger partial charge in [-0.05, 0) is 45.8 Å². The standard InChI is InChI=1S/C11H23N3O/c1-9(14(4)11(15)12-2)10-5-7-13(3)8-6-10/h9-10H,5-8H2,1-4H3,(H,12,15). The van der Waals surface area contributed by atoms with Gasteiger partial charge in [0.25, 0.3) is 0 Å². The molecule has 0 radical (unpaired) electrons. The molecule has 1 saturated heterocycles. The summed E-state index contributed by atoms with van der Waals surface area (Å²) in [5.74, 6) is 0.642.